The number of methoxy groups -OCH3 is 2. The van der Waals surface area contributed by atoms with E-state index in [1.807, 2.05) is 0 Å². The Morgan fingerprint density at radius 2 is 1.84 bits per heavy atom. The monoisotopic (exact) mass is 348 g/mol. The molecular weight excluding hydrogens is 324 g/mol. The lowest BCUT2D eigenvalue weighted by Crippen LogP contribution is -2.46. The van der Waals surface area contributed by atoms with Crippen LogP contribution < -0.4 is 20.1 Å². The molecule has 0 aliphatic carbocycles. The Kier molecular flexibility index (Phi) is 5.25. The average molecular weight is 348 g/mol. The molecule has 0 radical (unpaired) electrons. The summed E-state index contributed by atoms with van der Waals surface area (Å²) < 4.78 is 16.2. The van der Waals surface area contributed by atoms with Gasteiger partial charge in [-0.2, -0.15) is 0 Å². The zero-order valence-electron chi connectivity index (χ0n) is 15.4. The highest BCUT2D eigenvalue weighted by atomic mass is 16.6. The van der Waals surface area contributed by atoms with Gasteiger partial charge in [0, 0.05) is 11.3 Å². The first kappa shape index (κ1) is 18.6. The molecule has 0 bridgehead atoms. The van der Waals surface area contributed by atoms with Crippen molar-refractivity contribution in [2.24, 2.45) is 0 Å². The molecule has 7 nitrogen and oxygen atoms in total. The molecule has 2 amide bonds. The lowest BCUT2D eigenvalue weighted by atomic mass is 9.94. The molecule has 1 aliphatic rings. The molecule has 0 saturated heterocycles. The fourth-order valence-corrected chi connectivity index (χ4v) is 2.60. The van der Waals surface area contributed by atoms with Crippen LogP contribution in [0.25, 0.3) is 0 Å². The molecule has 7 heteroatoms. The van der Waals surface area contributed by atoms with E-state index in [0.717, 1.165) is 0 Å². The molecule has 1 aromatic rings. The maximum absolute atomic E-state index is 12.7. The van der Waals surface area contributed by atoms with Crippen molar-refractivity contribution in [3.8, 4) is 11.5 Å². The van der Waals surface area contributed by atoms with Crippen molar-refractivity contribution in [3.05, 3.63) is 35.0 Å². The largest absolute Gasteiger partial charge is 0.497 e. The lowest BCUT2D eigenvalue weighted by molar-refractivity contribution is -0.150. The van der Waals surface area contributed by atoms with E-state index in [2.05, 4.69) is 10.6 Å². The predicted octanol–water partition coefficient (Wildman–Crippen LogP) is 2.67. The number of hydrogen-bond donors (Lipinski definition) is 2. The second-order valence-corrected chi connectivity index (χ2v) is 6.68. The van der Waals surface area contributed by atoms with Crippen LogP contribution in [0.4, 0.5) is 4.79 Å². The molecular formula is C18H24N2O5. The smallest absolute Gasteiger partial charge is 0.338 e. The number of nitrogens with one attached hydrogen (secondary N) is 2. The first-order valence-corrected chi connectivity index (χ1v) is 7.90. The second kappa shape index (κ2) is 7.04. The van der Waals surface area contributed by atoms with Crippen molar-refractivity contribution >= 4 is 12.0 Å². The minimum Gasteiger partial charge on any atom is -0.497 e. The molecule has 1 aromatic carbocycles. The summed E-state index contributed by atoms with van der Waals surface area (Å²) in [4.78, 5) is 24.7. The lowest BCUT2D eigenvalue weighted by Gasteiger charge is -2.31. The van der Waals surface area contributed by atoms with Crippen molar-refractivity contribution in [2.75, 3.05) is 14.2 Å². The molecule has 2 rings (SSSR count). The third kappa shape index (κ3) is 4.23. The Labute approximate surface area is 147 Å². The van der Waals surface area contributed by atoms with Gasteiger partial charge in [0.1, 0.15) is 17.1 Å². The van der Waals surface area contributed by atoms with Gasteiger partial charge in [0.05, 0.1) is 25.8 Å². The van der Waals surface area contributed by atoms with Gasteiger partial charge in [0.25, 0.3) is 0 Å². The third-order valence-electron chi connectivity index (χ3n) is 3.64. The zero-order valence-corrected chi connectivity index (χ0v) is 15.4. The van der Waals surface area contributed by atoms with Crippen molar-refractivity contribution < 1.29 is 23.8 Å². The summed E-state index contributed by atoms with van der Waals surface area (Å²) in [5.74, 6) is 0.610. The second-order valence-electron chi connectivity index (χ2n) is 6.68. The van der Waals surface area contributed by atoms with Crippen LogP contribution in [-0.4, -0.2) is 31.8 Å². The highest BCUT2D eigenvalue weighted by Crippen LogP contribution is 2.36. The number of benzene rings is 1. The number of esters is 1. The number of carbonyl (C=O) groups is 2. The summed E-state index contributed by atoms with van der Waals surface area (Å²) in [7, 11) is 3.07. The highest BCUT2D eigenvalue weighted by Gasteiger charge is 2.35. The van der Waals surface area contributed by atoms with Gasteiger partial charge in [-0.1, -0.05) is 0 Å². The molecule has 0 spiro atoms. The summed E-state index contributed by atoms with van der Waals surface area (Å²) in [6.45, 7) is 7.03. The minimum atomic E-state index is -0.714. The van der Waals surface area contributed by atoms with Crippen LogP contribution in [-0.2, 0) is 9.53 Å². The van der Waals surface area contributed by atoms with Crippen LogP contribution >= 0.6 is 0 Å². The first-order chi connectivity index (χ1) is 11.7. The van der Waals surface area contributed by atoms with Crippen LogP contribution in [0.5, 0.6) is 11.5 Å². The SMILES string of the molecule is COc1ccc(OC)c([C@@H]2NC(=O)NC(C)=C2C(=O)OC(C)(C)C)c1. The maximum atomic E-state index is 12.7. The van der Waals surface area contributed by atoms with Gasteiger partial charge in [-0.3, -0.25) is 0 Å². The van der Waals surface area contributed by atoms with Gasteiger partial charge in [-0.05, 0) is 45.9 Å². The molecule has 1 heterocycles. The van der Waals surface area contributed by atoms with E-state index in [4.69, 9.17) is 14.2 Å². The van der Waals surface area contributed by atoms with Crippen molar-refractivity contribution in [1.82, 2.24) is 10.6 Å². The van der Waals surface area contributed by atoms with Crippen LogP contribution in [0.2, 0.25) is 0 Å². The summed E-state index contributed by atoms with van der Waals surface area (Å²) >= 11 is 0. The molecule has 0 fully saturated rings. The van der Waals surface area contributed by atoms with E-state index in [9.17, 15) is 9.59 Å². The van der Waals surface area contributed by atoms with Gasteiger partial charge in [0.15, 0.2) is 0 Å². The molecule has 25 heavy (non-hydrogen) atoms. The number of hydrogen-bond acceptors (Lipinski definition) is 5. The van der Waals surface area contributed by atoms with Crippen molar-refractivity contribution in [1.29, 1.82) is 0 Å². The number of carbonyl (C=O) groups excluding carboxylic acids is 2. The van der Waals surface area contributed by atoms with Crippen LogP contribution in [0.15, 0.2) is 29.5 Å². The van der Waals surface area contributed by atoms with Gasteiger partial charge in [-0.25, -0.2) is 9.59 Å². The third-order valence-corrected chi connectivity index (χ3v) is 3.64. The van der Waals surface area contributed by atoms with E-state index < -0.39 is 23.6 Å². The summed E-state index contributed by atoms with van der Waals surface area (Å²) in [5, 5.41) is 5.38. The molecule has 0 aromatic heterocycles. The van der Waals surface area contributed by atoms with Gasteiger partial charge >= 0.3 is 12.0 Å². The fourth-order valence-electron chi connectivity index (χ4n) is 2.60. The highest BCUT2D eigenvalue weighted by molar-refractivity contribution is 5.95. The van der Waals surface area contributed by atoms with E-state index in [1.165, 1.54) is 7.11 Å². The molecule has 1 atom stereocenters. The van der Waals surface area contributed by atoms with Crippen LogP contribution in [0.1, 0.15) is 39.3 Å². The number of amides is 2. The molecule has 2 N–H and O–H groups in total. The Morgan fingerprint density at radius 3 is 2.40 bits per heavy atom. The maximum Gasteiger partial charge on any atom is 0.338 e. The fraction of sp³-hybridized carbons (Fsp3) is 0.444. The van der Waals surface area contributed by atoms with Crippen LogP contribution in [0, 0.1) is 0 Å². The minimum absolute atomic E-state index is 0.320. The van der Waals surface area contributed by atoms with Gasteiger partial charge in [0.2, 0.25) is 0 Å². The number of rotatable bonds is 4. The standard InChI is InChI=1S/C18H24N2O5/c1-10-14(16(21)25-18(2,3)4)15(20-17(22)19-10)12-9-11(23-5)7-8-13(12)24-6/h7-9,15H,1-6H3,(H2,19,20,22)/t15-/m0/s1. The Bertz CT molecular complexity index is 719. The van der Waals surface area contributed by atoms with E-state index in [1.54, 1.807) is 53.0 Å². The topological polar surface area (TPSA) is 85.9 Å². The number of allylic oxidation sites excluding steroid dienone is 1. The zero-order chi connectivity index (χ0) is 18.8. The van der Waals surface area contributed by atoms with Crippen LogP contribution in [0.3, 0.4) is 0 Å². The van der Waals surface area contributed by atoms with E-state index in [0.29, 0.717) is 28.3 Å². The molecule has 0 saturated carbocycles. The Balaban J connectivity index is 2.55. The van der Waals surface area contributed by atoms with Gasteiger partial charge in [-0.15, -0.1) is 0 Å². The molecule has 1 aliphatic heterocycles. The quantitative estimate of drug-likeness (QED) is 0.817. The number of ether oxygens (including phenoxy) is 3. The summed E-state index contributed by atoms with van der Waals surface area (Å²) in [6, 6.07) is 4.08. The summed E-state index contributed by atoms with van der Waals surface area (Å²) in [6.07, 6.45) is 0. The summed E-state index contributed by atoms with van der Waals surface area (Å²) in [5.41, 5.74) is 0.709. The first-order valence-electron chi connectivity index (χ1n) is 7.90. The Hall–Kier alpha value is -2.70. The number of urea groups is 1. The Morgan fingerprint density at radius 1 is 1.16 bits per heavy atom. The normalized spacial score (nSPS) is 17.5. The average Bonchev–Trinajstić information content (AvgIpc) is 2.51. The molecule has 136 valence electrons. The molecule has 0 unspecified atom stereocenters. The van der Waals surface area contributed by atoms with Crippen molar-refractivity contribution in [2.45, 2.75) is 39.3 Å². The van der Waals surface area contributed by atoms with Crippen molar-refractivity contribution in [3.63, 3.8) is 0 Å². The van der Waals surface area contributed by atoms with E-state index >= 15 is 0 Å². The van der Waals surface area contributed by atoms with E-state index in [-0.39, 0.29) is 0 Å². The van der Waals surface area contributed by atoms with Gasteiger partial charge < -0.3 is 24.8 Å². The predicted molar refractivity (Wildman–Crippen MR) is 92.5 cm³/mol.